The van der Waals surface area contributed by atoms with Crippen LogP contribution in [0.4, 0.5) is 0 Å². The summed E-state index contributed by atoms with van der Waals surface area (Å²) in [6, 6.07) is 8.14. The molecule has 0 aliphatic carbocycles. The summed E-state index contributed by atoms with van der Waals surface area (Å²) in [7, 11) is 0. The lowest BCUT2D eigenvalue weighted by molar-refractivity contribution is -0.125. The molecule has 6 nitrogen and oxygen atoms in total. The summed E-state index contributed by atoms with van der Waals surface area (Å²) >= 11 is 0. The van der Waals surface area contributed by atoms with Crippen LogP contribution in [0.5, 0.6) is 0 Å². The first-order valence-corrected chi connectivity index (χ1v) is 6.99. The Morgan fingerprint density at radius 3 is 2.76 bits per heavy atom. The van der Waals surface area contributed by atoms with E-state index in [9.17, 15) is 9.59 Å². The van der Waals surface area contributed by atoms with Gasteiger partial charge in [-0.3, -0.25) is 9.59 Å². The highest BCUT2D eigenvalue weighted by molar-refractivity contribution is 5.85. The molecule has 0 fully saturated rings. The molecule has 0 atom stereocenters. The Bertz CT molecular complexity index is 621. The van der Waals surface area contributed by atoms with Crippen molar-refractivity contribution >= 4 is 22.7 Å². The summed E-state index contributed by atoms with van der Waals surface area (Å²) < 4.78 is 0. The molecular formula is C15H20N4O2. The van der Waals surface area contributed by atoms with Crippen LogP contribution in [0, 0.1) is 0 Å². The number of H-pyrrole nitrogens is 1. The zero-order valence-corrected chi connectivity index (χ0v) is 11.8. The van der Waals surface area contributed by atoms with E-state index in [4.69, 9.17) is 5.73 Å². The molecule has 1 aromatic carbocycles. The van der Waals surface area contributed by atoms with Crippen LogP contribution in [0.1, 0.15) is 12.0 Å². The molecule has 112 valence electrons. The summed E-state index contributed by atoms with van der Waals surface area (Å²) in [5.41, 5.74) is 7.51. The average Bonchev–Trinajstić information content (AvgIpc) is 2.92. The van der Waals surface area contributed by atoms with Crippen LogP contribution < -0.4 is 16.4 Å². The van der Waals surface area contributed by atoms with E-state index in [1.165, 1.54) is 10.9 Å². The number of carbonyl (C=O) groups is 2. The van der Waals surface area contributed by atoms with Crippen molar-refractivity contribution in [3.8, 4) is 0 Å². The number of aromatic amines is 1. The van der Waals surface area contributed by atoms with Gasteiger partial charge in [0.05, 0.1) is 13.1 Å². The van der Waals surface area contributed by atoms with Crippen LogP contribution in [0.3, 0.4) is 0 Å². The van der Waals surface area contributed by atoms with Crippen molar-refractivity contribution in [2.45, 2.75) is 12.8 Å². The number of aryl methyl sites for hydroxylation is 1. The Labute approximate surface area is 123 Å². The van der Waals surface area contributed by atoms with Gasteiger partial charge in [0.1, 0.15) is 0 Å². The molecule has 2 aromatic rings. The molecule has 2 rings (SSSR count). The third-order valence-corrected chi connectivity index (χ3v) is 3.25. The van der Waals surface area contributed by atoms with E-state index >= 15 is 0 Å². The van der Waals surface area contributed by atoms with Crippen molar-refractivity contribution < 1.29 is 9.59 Å². The van der Waals surface area contributed by atoms with Crippen molar-refractivity contribution in [3.63, 3.8) is 0 Å². The predicted molar refractivity (Wildman–Crippen MR) is 81.7 cm³/mol. The van der Waals surface area contributed by atoms with Crippen LogP contribution in [-0.4, -0.2) is 36.4 Å². The highest BCUT2D eigenvalue weighted by Crippen LogP contribution is 2.18. The van der Waals surface area contributed by atoms with E-state index in [1.807, 2.05) is 24.4 Å². The first kappa shape index (κ1) is 15.1. The minimum absolute atomic E-state index is 0.0247. The number of rotatable bonds is 7. The number of fused-ring (bicyclic) bond motifs is 1. The molecular weight excluding hydrogens is 268 g/mol. The number of nitrogens with one attached hydrogen (secondary N) is 3. The van der Waals surface area contributed by atoms with Crippen molar-refractivity contribution in [3.05, 3.63) is 36.0 Å². The minimum Gasteiger partial charge on any atom is -0.361 e. The summed E-state index contributed by atoms with van der Waals surface area (Å²) in [6.07, 6.45) is 3.74. The third-order valence-electron chi connectivity index (χ3n) is 3.25. The van der Waals surface area contributed by atoms with Gasteiger partial charge in [0.2, 0.25) is 11.8 Å². The van der Waals surface area contributed by atoms with Crippen molar-refractivity contribution in [2.75, 3.05) is 19.6 Å². The van der Waals surface area contributed by atoms with Crippen LogP contribution in [0.25, 0.3) is 10.9 Å². The van der Waals surface area contributed by atoms with Gasteiger partial charge in [0, 0.05) is 23.6 Å². The molecule has 0 aliphatic rings. The maximum atomic E-state index is 11.5. The second-order valence-electron chi connectivity index (χ2n) is 4.79. The van der Waals surface area contributed by atoms with E-state index in [0.717, 1.165) is 18.4 Å². The first-order valence-electron chi connectivity index (χ1n) is 6.99. The molecule has 0 spiro atoms. The topological polar surface area (TPSA) is 100 Å². The van der Waals surface area contributed by atoms with Gasteiger partial charge >= 0.3 is 0 Å². The third kappa shape index (κ3) is 4.32. The van der Waals surface area contributed by atoms with Crippen LogP contribution in [0.2, 0.25) is 0 Å². The fourth-order valence-corrected chi connectivity index (χ4v) is 2.16. The Hall–Kier alpha value is -2.34. The summed E-state index contributed by atoms with van der Waals surface area (Å²) in [5.74, 6) is -0.528. The molecule has 0 unspecified atom stereocenters. The number of hydrogen-bond acceptors (Lipinski definition) is 3. The van der Waals surface area contributed by atoms with Crippen molar-refractivity contribution in [1.29, 1.82) is 0 Å². The fraction of sp³-hybridized carbons (Fsp3) is 0.333. The number of benzene rings is 1. The van der Waals surface area contributed by atoms with E-state index in [2.05, 4.69) is 21.7 Å². The Morgan fingerprint density at radius 2 is 1.95 bits per heavy atom. The Kier molecular flexibility index (Phi) is 5.34. The summed E-state index contributed by atoms with van der Waals surface area (Å²) in [4.78, 5) is 25.6. The molecule has 0 aliphatic heterocycles. The van der Waals surface area contributed by atoms with E-state index in [0.29, 0.717) is 6.54 Å². The van der Waals surface area contributed by atoms with Gasteiger partial charge in [-0.2, -0.15) is 0 Å². The highest BCUT2D eigenvalue weighted by Gasteiger charge is 2.05. The monoisotopic (exact) mass is 288 g/mol. The smallest absolute Gasteiger partial charge is 0.239 e. The minimum atomic E-state index is -0.330. The molecule has 1 aromatic heterocycles. The maximum absolute atomic E-state index is 11.5. The number of carbonyl (C=O) groups excluding carboxylic acids is 2. The molecule has 0 radical (unpaired) electrons. The van der Waals surface area contributed by atoms with Gasteiger partial charge in [-0.05, 0) is 24.5 Å². The predicted octanol–water partition coefficient (Wildman–Crippen LogP) is 0.292. The summed E-state index contributed by atoms with van der Waals surface area (Å²) in [6.45, 7) is 0.452. The molecule has 0 saturated carbocycles. The summed E-state index contributed by atoms with van der Waals surface area (Å²) in [5, 5.41) is 6.42. The quantitative estimate of drug-likeness (QED) is 0.551. The zero-order chi connectivity index (χ0) is 15.1. The molecule has 6 heteroatoms. The molecule has 2 amide bonds. The van der Waals surface area contributed by atoms with Crippen molar-refractivity contribution in [2.24, 2.45) is 5.73 Å². The number of amides is 2. The molecule has 0 saturated heterocycles. The van der Waals surface area contributed by atoms with Crippen LogP contribution in [0.15, 0.2) is 30.5 Å². The lowest BCUT2D eigenvalue weighted by Crippen LogP contribution is -2.39. The van der Waals surface area contributed by atoms with Gasteiger partial charge in [0.25, 0.3) is 0 Å². The van der Waals surface area contributed by atoms with Crippen LogP contribution >= 0.6 is 0 Å². The number of nitrogens with two attached hydrogens (primary N) is 1. The normalized spacial score (nSPS) is 10.5. The van der Waals surface area contributed by atoms with Gasteiger partial charge in [0.15, 0.2) is 0 Å². The lowest BCUT2D eigenvalue weighted by Gasteiger charge is -2.06. The highest BCUT2D eigenvalue weighted by atomic mass is 16.2. The molecule has 0 bridgehead atoms. The lowest BCUT2D eigenvalue weighted by atomic mass is 10.1. The second-order valence-corrected chi connectivity index (χ2v) is 4.79. The second kappa shape index (κ2) is 7.44. The van der Waals surface area contributed by atoms with Crippen LogP contribution in [-0.2, 0) is 16.0 Å². The zero-order valence-electron chi connectivity index (χ0n) is 11.8. The molecule has 21 heavy (non-hydrogen) atoms. The Morgan fingerprint density at radius 1 is 1.14 bits per heavy atom. The van der Waals surface area contributed by atoms with Crippen molar-refractivity contribution in [1.82, 2.24) is 15.6 Å². The maximum Gasteiger partial charge on any atom is 0.239 e. The first-order chi connectivity index (χ1) is 10.2. The van der Waals surface area contributed by atoms with E-state index < -0.39 is 0 Å². The molecule has 1 heterocycles. The van der Waals surface area contributed by atoms with Gasteiger partial charge in [-0.15, -0.1) is 0 Å². The van der Waals surface area contributed by atoms with Gasteiger partial charge < -0.3 is 21.4 Å². The number of para-hydroxylation sites is 1. The fourth-order valence-electron chi connectivity index (χ4n) is 2.16. The van der Waals surface area contributed by atoms with Gasteiger partial charge in [-0.1, -0.05) is 18.2 Å². The largest absolute Gasteiger partial charge is 0.361 e. The SMILES string of the molecule is NCC(=O)NCC(=O)NCCCc1c[nH]c2ccccc12. The Balaban J connectivity index is 1.70. The van der Waals surface area contributed by atoms with E-state index in [1.54, 1.807) is 0 Å². The number of aromatic nitrogens is 1. The molecule has 5 N–H and O–H groups in total. The van der Waals surface area contributed by atoms with Gasteiger partial charge in [-0.25, -0.2) is 0 Å². The number of hydrogen-bond donors (Lipinski definition) is 4. The van der Waals surface area contributed by atoms with E-state index in [-0.39, 0.29) is 24.9 Å². The standard InChI is InChI=1S/C15H20N4O2/c16-8-14(20)19-10-15(21)17-7-3-4-11-9-18-13-6-2-1-5-12(11)13/h1-2,5-6,9,18H,3-4,7-8,10,16H2,(H,17,21)(H,19,20). The average molecular weight is 288 g/mol.